The van der Waals surface area contributed by atoms with Gasteiger partial charge >= 0.3 is 0 Å². The molecule has 3 aliphatic rings. The molecule has 2 aliphatic carbocycles. The molecule has 3 fully saturated rings. The van der Waals surface area contributed by atoms with Gasteiger partial charge in [-0.2, -0.15) is 0 Å². The normalized spacial score (nSPS) is 26.5. The summed E-state index contributed by atoms with van der Waals surface area (Å²) in [5.74, 6) is 1.38. The standard InChI is InChI=1S/C19H26N2O/c22-18(17-13-19(17)9-11-20-12-10-19)21(14-15-5-4-6-15)16-7-2-1-3-8-16/h1-3,7-8,15,17,20H,4-6,9-14H2. The number of nitrogens with one attached hydrogen (secondary N) is 1. The van der Waals surface area contributed by atoms with Crippen molar-refractivity contribution >= 4 is 11.6 Å². The van der Waals surface area contributed by atoms with Crippen molar-refractivity contribution in [2.45, 2.75) is 38.5 Å². The Balaban J connectivity index is 1.51. The average Bonchev–Trinajstić information content (AvgIpc) is 3.20. The number of piperidine rings is 1. The minimum absolute atomic E-state index is 0.273. The molecule has 1 spiro atoms. The smallest absolute Gasteiger partial charge is 0.230 e. The number of anilines is 1. The molecular formula is C19H26N2O. The first-order chi connectivity index (χ1) is 10.8. The van der Waals surface area contributed by atoms with Crippen molar-refractivity contribution in [1.82, 2.24) is 5.32 Å². The van der Waals surface area contributed by atoms with E-state index in [1.54, 1.807) is 0 Å². The molecule has 1 atom stereocenters. The number of carbonyl (C=O) groups excluding carboxylic acids is 1. The molecule has 2 saturated carbocycles. The van der Waals surface area contributed by atoms with Crippen molar-refractivity contribution in [2.75, 3.05) is 24.5 Å². The number of rotatable bonds is 4. The van der Waals surface area contributed by atoms with Gasteiger partial charge in [0.1, 0.15) is 0 Å². The maximum atomic E-state index is 13.2. The second-order valence-corrected chi connectivity index (χ2v) is 7.45. The summed E-state index contributed by atoms with van der Waals surface area (Å²) < 4.78 is 0. The van der Waals surface area contributed by atoms with E-state index >= 15 is 0 Å². The van der Waals surface area contributed by atoms with Crippen LogP contribution >= 0.6 is 0 Å². The lowest BCUT2D eigenvalue weighted by Crippen LogP contribution is -2.40. The molecule has 22 heavy (non-hydrogen) atoms. The second kappa shape index (κ2) is 5.69. The molecule has 0 bridgehead atoms. The van der Waals surface area contributed by atoms with E-state index in [0.717, 1.165) is 31.7 Å². The average molecular weight is 298 g/mol. The van der Waals surface area contributed by atoms with Crippen LogP contribution in [0, 0.1) is 17.3 Å². The third-order valence-electron chi connectivity index (χ3n) is 6.09. The number of nitrogens with zero attached hydrogens (tertiary/aromatic N) is 1. The zero-order valence-corrected chi connectivity index (χ0v) is 13.3. The van der Waals surface area contributed by atoms with Gasteiger partial charge in [-0.05, 0) is 68.7 Å². The molecule has 4 rings (SSSR count). The highest BCUT2D eigenvalue weighted by Crippen LogP contribution is 2.59. The number of carbonyl (C=O) groups is 1. The number of hydrogen-bond donors (Lipinski definition) is 1. The van der Waals surface area contributed by atoms with Crippen molar-refractivity contribution in [3.8, 4) is 0 Å². The van der Waals surface area contributed by atoms with Gasteiger partial charge in [0.05, 0.1) is 0 Å². The zero-order valence-electron chi connectivity index (χ0n) is 13.3. The Morgan fingerprint density at radius 3 is 2.55 bits per heavy atom. The van der Waals surface area contributed by atoms with Crippen molar-refractivity contribution in [1.29, 1.82) is 0 Å². The predicted octanol–water partition coefficient (Wildman–Crippen LogP) is 3.21. The van der Waals surface area contributed by atoms with E-state index in [0.29, 0.717) is 17.2 Å². The molecule has 1 aliphatic heterocycles. The van der Waals surface area contributed by atoms with Gasteiger partial charge in [-0.15, -0.1) is 0 Å². The highest BCUT2D eigenvalue weighted by Gasteiger charge is 2.58. The minimum atomic E-state index is 0.273. The van der Waals surface area contributed by atoms with Crippen LogP contribution in [-0.4, -0.2) is 25.5 Å². The molecule has 1 unspecified atom stereocenters. The molecule has 1 aromatic carbocycles. The summed E-state index contributed by atoms with van der Waals surface area (Å²) >= 11 is 0. The number of benzene rings is 1. The van der Waals surface area contributed by atoms with Crippen LogP contribution in [-0.2, 0) is 4.79 Å². The van der Waals surface area contributed by atoms with E-state index in [2.05, 4.69) is 22.3 Å². The van der Waals surface area contributed by atoms with Crippen LogP contribution in [0.2, 0.25) is 0 Å². The Morgan fingerprint density at radius 1 is 1.18 bits per heavy atom. The molecule has 1 aromatic rings. The van der Waals surface area contributed by atoms with E-state index in [1.165, 1.54) is 32.1 Å². The molecular weight excluding hydrogens is 272 g/mol. The highest BCUT2D eigenvalue weighted by molar-refractivity contribution is 5.97. The topological polar surface area (TPSA) is 32.3 Å². The fourth-order valence-corrected chi connectivity index (χ4v) is 4.23. The van der Waals surface area contributed by atoms with Crippen LogP contribution in [0.3, 0.4) is 0 Å². The SMILES string of the molecule is O=C(C1CC12CCNCC2)N(CC1CCC1)c1ccccc1. The van der Waals surface area contributed by atoms with Crippen molar-refractivity contribution < 1.29 is 4.79 Å². The predicted molar refractivity (Wildman–Crippen MR) is 88.8 cm³/mol. The first kappa shape index (κ1) is 14.3. The number of para-hydroxylation sites is 1. The second-order valence-electron chi connectivity index (χ2n) is 7.45. The Kier molecular flexibility index (Phi) is 3.69. The maximum absolute atomic E-state index is 13.2. The van der Waals surface area contributed by atoms with Crippen LogP contribution in [0.1, 0.15) is 38.5 Å². The van der Waals surface area contributed by atoms with Crippen LogP contribution in [0.4, 0.5) is 5.69 Å². The molecule has 3 heteroatoms. The van der Waals surface area contributed by atoms with Crippen LogP contribution in [0.5, 0.6) is 0 Å². The summed E-state index contributed by atoms with van der Waals surface area (Å²) in [4.78, 5) is 15.3. The summed E-state index contributed by atoms with van der Waals surface area (Å²) in [6.45, 7) is 3.09. The molecule has 1 saturated heterocycles. The minimum Gasteiger partial charge on any atom is -0.317 e. The van der Waals surface area contributed by atoms with Crippen molar-refractivity contribution in [3.05, 3.63) is 30.3 Å². The first-order valence-electron chi connectivity index (χ1n) is 8.86. The number of hydrogen-bond acceptors (Lipinski definition) is 2. The van der Waals surface area contributed by atoms with E-state index < -0.39 is 0 Å². The third-order valence-corrected chi connectivity index (χ3v) is 6.09. The van der Waals surface area contributed by atoms with E-state index in [9.17, 15) is 4.79 Å². The number of amides is 1. The fraction of sp³-hybridized carbons (Fsp3) is 0.632. The summed E-state index contributed by atoms with van der Waals surface area (Å²) in [6.07, 6.45) is 7.37. The van der Waals surface area contributed by atoms with Gasteiger partial charge in [0.25, 0.3) is 0 Å². The Hall–Kier alpha value is -1.35. The molecule has 118 valence electrons. The first-order valence-corrected chi connectivity index (χ1v) is 8.86. The lowest BCUT2D eigenvalue weighted by atomic mass is 9.84. The van der Waals surface area contributed by atoms with Gasteiger partial charge in [0, 0.05) is 18.2 Å². The summed E-state index contributed by atoms with van der Waals surface area (Å²) in [7, 11) is 0. The van der Waals surface area contributed by atoms with Crippen LogP contribution < -0.4 is 10.2 Å². The van der Waals surface area contributed by atoms with Gasteiger partial charge in [-0.3, -0.25) is 4.79 Å². The molecule has 0 aromatic heterocycles. The molecule has 3 nitrogen and oxygen atoms in total. The Bertz CT molecular complexity index is 532. The lowest BCUT2D eigenvalue weighted by molar-refractivity contribution is -0.121. The maximum Gasteiger partial charge on any atom is 0.230 e. The highest BCUT2D eigenvalue weighted by atomic mass is 16.2. The van der Waals surface area contributed by atoms with Crippen LogP contribution in [0.25, 0.3) is 0 Å². The van der Waals surface area contributed by atoms with Gasteiger partial charge in [0.2, 0.25) is 5.91 Å². The molecule has 0 radical (unpaired) electrons. The van der Waals surface area contributed by atoms with Gasteiger partial charge < -0.3 is 10.2 Å². The summed E-state index contributed by atoms with van der Waals surface area (Å²) in [5, 5.41) is 3.43. The summed E-state index contributed by atoms with van der Waals surface area (Å²) in [5.41, 5.74) is 1.42. The van der Waals surface area contributed by atoms with Gasteiger partial charge in [-0.1, -0.05) is 24.6 Å². The quantitative estimate of drug-likeness (QED) is 0.925. The third kappa shape index (κ3) is 2.56. The van der Waals surface area contributed by atoms with Gasteiger partial charge in [-0.25, -0.2) is 0 Å². The zero-order chi connectivity index (χ0) is 15.0. The fourth-order valence-electron chi connectivity index (χ4n) is 4.23. The monoisotopic (exact) mass is 298 g/mol. The molecule has 1 amide bonds. The van der Waals surface area contributed by atoms with E-state index in [1.807, 2.05) is 18.2 Å². The molecule has 1 N–H and O–H groups in total. The lowest BCUT2D eigenvalue weighted by Gasteiger charge is -2.33. The Morgan fingerprint density at radius 2 is 1.91 bits per heavy atom. The van der Waals surface area contributed by atoms with E-state index in [4.69, 9.17) is 0 Å². The summed E-state index contributed by atoms with van der Waals surface area (Å²) in [6, 6.07) is 10.3. The van der Waals surface area contributed by atoms with Crippen molar-refractivity contribution in [3.63, 3.8) is 0 Å². The van der Waals surface area contributed by atoms with E-state index in [-0.39, 0.29) is 5.92 Å². The van der Waals surface area contributed by atoms with Gasteiger partial charge in [0.15, 0.2) is 0 Å². The largest absolute Gasteiger partial charge is 0.317 e. The van der Waals surface area contributed by atoms with Crippen molar-refractivity contribution in [2.24, 2.45) is 17.3 Å². The van der Waals surface area contributed by atoms with Crippen LogP contribution in [0.15, 0.2) is 30.3 Å². The Labute approximate surface area is 133 Å². The molecule has 1 heterocycles.